The van der Waals surface area contributed by atoms with Gasteiger partial charge in [-0.1, -0.05) is 46.4 Å². The molecule has 0 N–H and O–H groups in total. The molecule has 1 aliphatic carbocycles. The fourth-order valence-electron chi connectivity index (χ4n) is 0.606. The minimum atomic E-state index is -0.473. The summed E-state index contributed by atoms with van der Waals surface area (Å²) < 4.78 is 0. The van der Waals surface area contributed by atoms with Crippen LogP contribution < -0.4 is 0 Å². The summed E-state index contributed by atoms with van der Waals surface area (Å²) in [7, 11) is 0. The van der Waals surface area contributed by atoms with Crippen molar-refractivity contribution in [1.82, 2.24) is 0 Å². The molecule has 0 aliphatic heterocycles. The average Bonchev–Trinajstić information content (AvgIpc) is 1.97. The lowest BCUT2D eigenvalue weighted by molar-refractivity contribution is 1.21. The summed E-state index contributed by atoms with van der Waals surface area (Å²) in [5.74, 6) is 0. The van der Waals surface area contributed by atoms with Gasteiger partial charge in [0.2, 0.25) is 0 Å². The van der Waals surface area contributed by atoms with E-state index in [0.29, 0.717) is 10.1 Å². The van der Waals surface area contributed by atoms with Gasteiger partial charge in [-0.25, -0.2) is 0 Å². The third kappa shape index (κ3) is 1.99. The Kier molecular flexibility index (Phi) is 3.42. The van der Waals surface area contributed by atoms with Crippen LogP contribution in [-0.2, 0) is 0 Å². The molecule has 0 heterocycles. The highest BCUT2D eigenvalue weighted by atomic mass is 35.5. The molecule has 1 atom stereocenters. The van der Waals surface area contributed by atoms with E-state index in [1.807, 2.05) is 0 Å². The maximum absolute atomic E-state index is 5.72. The molecule has 0 saturated carbocycles. The van der Waals surface area contributed by atoms with Crippen molar-refractivity contribution in [2.75, 3.05) is 0 Å². The second-order valence-corrected chi connectivity index (χ2v) is 3.93. The highest BCUT2D eigenvalue weighted by Gasteiger charge is 2.24. The third-order valence-corrected chi connectivity index (χ3v) is 3.42. The molecule has 0 bridgehead atoms. The minimum absolute atomic E-state index is 0.223. The summed E-state index contributed by atoms with van der Waals surface area (Å²) in [6.45, 7) is 0. The molecule has 1 radical (unpaired) electrons. The Morgan fingerprint density at radius 1 is 1.00 bits per heavy atom. The zero-order chi connectivity index (χ0) is 8.59. The zero-order valence-corrected chi connectivity index (χ0v) is 8.82. The zero-order valence-electron chi connectivity index (χ0n) is 5.04. The summed E-state index contributed by atoms with van der Waals surface area (Å²) in [6, 6.07) is 0. The van der Waals surface area contributed by atoms with Crippen LogP contribution in [0.4, 0.5) is 0 Å². The van der Waals surface area contributed by atoms with Gasteiger partial charge in [0.15, 0.2) is 0 Å². The monoisotopic (exact) mass is 249 g/mol. The van der Waals surface area contributed by atoms with Gasteiger partial charge in [0, 0.05) is 11.5 Å². The molecule has 0 aromatic carbocycles. The molecule has 0 nitrogen and oxygen atoms in total. The van der Waals surface area contributed by atoms with Gasteiger partial charge >= 0.3 is 0 Å². The maximum Gasteiger partial charge on any atom is 0.0792 e. The van der Waals surface area contributed by atoms with Gasteiger partial charge < -0.3 is 0 Å². The molecule has 0 spiro atoms. The van der Waals surface area contributed by atoms with Gasteiger partial charge in [-0.15, -0.1) is 11.6 Å². The molecule has 0 aromatic rings. The van der Waals surface area contributed by atoms with Crippen LogP contribution in [0.25, 0.3) is 0 Å². The van der Waals surface area contributed by atoms with Crippen LogP contribution >= 0.6 is 58.0 Å². The Balaban J connectivity index is 3.07. The molecule has 1 aliphatic rings. The molecule has 0 unspecified atom stereocenters. The molecule has 61 valence electrons. The van der Waals surface area contributed by atoms with Gasteiger partial charge in [0.05, 0.1) is 20.5 Å². The number of rotatable bonds is 0. The van der Waals surface area contributed by atoms with Crippen molar-refractivity contribution < 1.29 is 0 Å². The number of halogens is 5. The van der Waals surface area contributed by atoms with E-state index in [4.69, 9.17) is 58.0 Å². The first-order valence-electron chi connectivity index (χ1n) is 2.63. The Bertz CT molecular complexity index is 239. The fraction of sp³-hybridized carbons (Fsp3) is 0.167. The Morgan fingerprint density at radius 3 is 2.09 bits per heavy atom. The smallest absolute Gasteiger partial charge is 0.0792 e. The van der Waals surface area contributed by atoms with Crippen LogP contribution in [0.1, 0.15) is 0 Å². The van der Waals surface area contributed by atoms with Gasteiger partial charge in [-0.05, 0) is 0 Å². The predicted molar refractivity (Wildman–Crippen MR) is 51.4 cm³/mol. The van der Waals surface area contributed by atoms with Crippen LogP contribution in [0.5, 0.6) is 0 Å². The van der Waals surface area contributed by atoms with E-state index < -0.39 is 5.38 Å². The lowest BCUT2D eigenvalue weighted by atomic mass is 10.2. The Morgan fingerprint density at radius 2 is 1.55 bits per heavy atom. The highest BCUT2D eigenvalue weighted by molar-refractivity contribution is 6.53. The van der Waals surface area contributed by atoms with E-state index >= 15 is 0 Å². The number of allylic oxidation sites excluding steroid dienone is 4. The maximum atomic E-state index is 5.72. The predicted octanol–water partition coefficient (Wildman–Crippen LogP) is 4.19. The highest BCUT2D eigenvalue weighted by Crippen LogP contribution is 2.40. The average molecular weight is 251 g/mol. The van der Waals surface area contributed by atoms with E-state index in [-0.39, 0.29) is 10.1 Å². The second-order valence-electron chi connectivity index (χ2n) is 1.89. The number of alkyl halides is 1. The lowest BCUT2D eigenvalue weighted by Crippen LogP contribution is -2.07. The van der Waals surface area contributed by atoms with Gasteiger partial charge in [0.1, 0.15) is 0 Å². The third-order valence-electron chi connectivity index (χ3n) is 1.15. The minimum Gasteiger partial charge on any atom is -0.116 e. The van der Waals surface area contributed by atoms with Crippen LogP contribution in [0.2, 0.25) is 0 Å². The van der Waals surface area contributed by atoms with Crippen molar-refractivity contribution in [3.8, 4) is 0 Å². The second kappa shape index (κ2) is 3.76. The first-order valence-corrected chi connectivity index (χ1v) is 4.58. The first kappa shape index (κ1) is 10.0. The number of hydrogen-bond acceptors (Lipinski definition) is 0. The summed E-state index contributed by atoms with van der Waals surface area (Å²) in [5.41, 5.74) is 0. The van der Waals surface area contributed by atoms with Gasteiger partial charge in [-0.2, -0.15) is 0 Å². The normalized spacial score (nSPS) is 26.5. The van der Waals surface area contributed by atoms with Crippen LogP contribution in [0.3, 0.4) is 0 Å². The van der Waals surface area contributed by atoms with Crippen molar-refractivity contribution in [2.45, 2.75) is 5.38 Å². The summed E-state index contributed by atoms with van der Waals surface area (Å²) in [6.07, 6.45) is 1.53. The number of hydrogen-bond donors (Lipinski definition) is 0. The molecule has 0 aromatic heterocycles. The van der Waals surface area contributed by atoms with Gasteiger partial charge in [-0.3, -0.25) is 0 Å². The van der Waals surface area contributed by atoms with Crippen LogP contribution in [0, 0.1) is 6.42 Å². The Labute approximate surface area is 89.7 Å². The summed E-state index contributed by atoms with van der Waals surface area (Å²) in [5, 5.41) is 0.638. The molecule has 0 fully saturated rings. The first-order chi connectivity index (χ1) is 5.04. The van der Waals surface area contributed by atoms with E-state index in [1.54, 1.807) is 0 Å². The van der Waals surface area contributed by atoms with Crippen molar-refractivity contribution in [1.29, 1.82) is 0 Å². The largest absolute Gasteiger partial charge is 0.116 e. The van der Waals surface area contributed by atoms with Crippen molar-refractivity contribution in [2.24, 2.45) is 0 Å². The molecule has 11 heavy (non-hydrogen) atoms. The van der Waals surface area contributed by atoms with Crippen molar-refractivity contribution in [3.05, 3.63) is 26.5 Å². The quantitative estimate of drug-likeness (QED) is 0.566. The standard InChI is InChI=1S/C6H2Cl5/c7-2-1-3(8)5(10)6(11)4(2)9/h1-2H/t2-/m0/s1. The van der Waals surface area contributed by atoms with Crippen LogP contribution in [0.15, 0.2) is 20.1 Å². The lowest BCUT2D eigenvalue weighted by Gasteiger charge is -2.16. The SMILES string of the molecule is ClC1=C(Cl)C(Cl)=C(Cl)[C@@H](Cl)[CH]1. The molecular formula is C6H2Cl5. The summed E-state index contributed by atoms with van der Waals surface area (Å²) >= 11 is 28.4. The van der Waals surface area contributed by atoms with E-state index in [1.165, 1.54) is 6.42 Å². The van der Waals surface area contributed by atoms with Gasteiger partial charge in [0.25, 0.3) is 0 Å². The van der Waals surface area contributed by atoms with E-state index in [9.17, 15) is 0 Å². The van der Waals surface area contributed by atoms with E-state index in [2.05, 4.69) is 0 Å². The van der Waals surface area contributed by atoms with E-state index in [0.717, 1.165) is 0 Å². The Hall–Kier alpha value is 0.930. The van der Waals surface area contributed by atoms with Crippen molar-refractivity contribution in [3.63, 3.8) is 0 Å². The molecular weight excluding hydrogens is 249 g/mol. The summed E-state index contributed by atoms with van der Waals surface area (Å²) in [4.78, 5) is 0. The molecule has 1 rings (SSSR count). The molecule has 0 saturated heterocycles. The molecule has 0 amide bonds. The fourth-order valence-corrected chi connectivity index (χ4v) is 1.82. The molecule has 5 heteroatoms. The van der Waals surface area contributed by atoms with Crippen LogP contribution in [-0.4, -0.2) is 5.38 Å². The topological polar surface area (TPSA) is 0 Å². The van der Waals surface area contributed by atoms with Crippen molar-refractivity contribution >= 4 is 58.0 Å².